The number of nitrogens with one attached hydrogen (secondary N) is 1. The quantitative estimate of drug-likeness (QED) is 0.930. The molecule has 1 unspecified atom stereocenters. The van der Waals surface area contributed by atoms with Gasteiger partial charge in [-0.15, -0.1) is 0 Å². The van der Waals surface area contributed by atoms with Crippen LogP contribution in [0.2, 0.25) is 0 Å². The van der Waals surface area contributed by atoms with Gasteiger partial charge in [-0.1, -0.05) is 0 Å². The number of rotatable bonds is 3. The second kappa shape index (κ2) is 5.27. The lowest BCUT2D eigenvalue weighted by atomic mass is 9.86. The van der Waals surface area contributed by atoms with Gasteiger partial charge in [0.25, 0.3) is 0 Å². The smallest absolute Gasteiger partial charge is 0.138 e. The van der Waals surface area contributed by atoms with Crippen molar-refractivity contribution < 1.29 is 9.47 Å². The van der Waals surface area contributed by atoms with E-state index in [1.807, 2.05) is 13.1 Å². The van der Waals surface area contributed by atoms with Crippen molar-refractivity contribution in [3.05, 3.63) is 21.7 Å². The van der Waals surface area contributed by atoms with Crippen molar-refractivity contribution in [3.63, 3.8) is 0 Å². The number of fused-ring (bicyclic) bond motifs is 1. The lowest BCUT2D eigenvalue weighted by molar-refractivity contribution is 0.371. The maximum atomic E-state index is 5.53. The van der Waals surface area contributed by atoms with E-state index in [2.05, 4.69) is 21.2 Å². The van der Waals surface area contributed by atoms with Crippen LogP contribution in [-0.2, 0) is 6.42 Å². The molecule has 0 saturated heterocycles. The Hall–Kier alpha value is -0.740. The molecule has 1 aromatic rings. The second-order valence-electron chi connectivity index (χ2n) is 4.22. The zero-order valence-electron chi connectivity index (χ0n) is 10.5. The summed E-state index contributed by atoms with van der Waals surface area (Å²) < 4.78 is 12.0. The predicted molar refractivity (Wildman–Crippen MR) is 72.0 cm³/mol. The number of hydrogen-bond acceptors (Lipinski definition) is 3. The largest absolute Gasteiger partial charge is 0.496 e. The van der Waals surface area contributed by atoms with E-state index in [-0.39, 0.29) is 0 Å². The SMILES string of the molecule is CNC1CCCc2c(OC)cc(Br)c(OC)c21. The lowest BCUT2D eigenvalue weighted by Crippen LogP contribution is -2.23. The van der Waals surface area contributed by atoms with Crippen molar-refractivity contribution in [2.75, 3.05) is 21.3 Å². The Balaban J connectivity index is 2.64. The molecule has 3 nitrogen and oxygen atoms in total. The summed E-state index contributed by atoms with van der Waals surface area (Å²) in [7, 11) is 5.43. The van der Waals surface area contributed by atoms with E-state index >= 15 is 0 Å². The van der Waals surface area contributed by atoms with Gasteiger partial charge in [0.05, 0.1) is 18.7 Å². The Morgan fingerprint density at radius 3 is 2.71 bits per heavy atom. The van der Waals surface area contributed by atoms with Crippen molar-refractivity contribution in [2.45, 2.75) is 25.3 Å². The van der Waals surface area contributed by atoms with Crippen molar-refractivity contribution in [1.29, 1.82) is 0 Å². The first kappa shape index (κ1) is 12.7. The third-order valence-corrected chi connectivity index (χ3v) is 3.97. The molecule has 94 valence electrons. The summed E-state index contributed by atoms with van der Waals surface area (Å²) in [4.78, 5) is 0. The summed E-state index contributed by atoms with van der Waals surface area (Å²) >= 11 is 3.55. The second-order valence-corrected chi connectivity index (χ2v) is 5.07. The monoisotopic (exact) mass is 299 g/mol. The maximum absolute atomic E-state index is 5.53. The van der Waals surface area contributed by atoms with Gasteiger partial charge in [0.15, 0.2) is 0 Å². The molecule has 0 amide bonds. The number of hydrogen-bond donors (Lipinski definition) is 1. The Morgan fingerprint density at radius 2 is 2.12 bits per heavy atom. The van der Waals surface area contributed by atoms with Gasteiger partial charge in [0, 0.05) is 17.2 Å². The third-order valence-electron chi connectivity index (χ3n) is 3.38. The zero-order valence-corrected chi connectivity index (χ0v) is 12.1. The van der Waals surface area contributed by atoms with Gasteiger partial charge in [-0.2, -0.15) is 0 Å². The molecule has 1 atom stereocenters. The van der Waals surface area contributed by atoms with Crippen LogP contribution < -0.4 is 14.8 Å². The van der Waals surface area contributed by atoms with Crippen LogP contribution in [0.5, 0.6) is 11.5 Å². The molecular weight excluding hydrogens is 282 g/mol. The molecule has 2 rings (SSSR count). The highest BCUT2D eigenvalue weighted by Crippen LogP contribution is 2.45. The first-order valence-corrected chi connectivity index (χ1v) is 6.62. The fourth-order valence-corrected chi connectivity index (χ4v) is 3.18. The molecule has 1 N–H and O–H groups in total. The molecule has 0 saturated carbocycles. The number of ether oxygens (including phenoxy) is 2. The van der Waals surface area contributed by atoms with Crippen molar-refractivity contribution in [3.8, 4) is 11.5 Å². The van der Waals surface area contributed by atoms with Crippen LogP contribution in [0.3, 0.4) is 0 Å². The molecular formula is C13H18BrNO2. The Bertz CT molecular complexity index is 420. The van der Waals surface area contributed by atoms with Gasteiger partial charge in [-0.05, 0) is 48.3 Å². The minimum absolute atomic E-state index is 0.347. The van der Waals surface area contributed by atoms with E-state index in [0.29, 0.717) is 6.04 Å². The minimum Gasteiger partial charge on any atom is -0.496 e. The van der Waals surface area contributed by atoms with Gasteiger partial charge in [0.2, 0.25) is 0 Å². The summed E-state index contributed by atoms with van der Waals surface area (Å²) in [6, 6.07) is 2.34. The van der Waals surface area contributed by atoms with Crippen molar-refractivity contribution >= 4 is 15.9 Å². The summed E-state index contributed by atoms with van der Waals surface area (Å²) in [6.45, 7) is 0. The average Bonchev–Trinajstić information content (AvgIpc) is 2.37. The van der Waals surface area contributed by atoms with Crippen LogP contribution in [0.25, 0.3) is 0 Å². The van der Waals surface area contributed by atoms with Crippen LogP contribution in [0.4, 0.5) is 0 Å². The standard InChI is InChI=1S/C13H18BrNO2/c1-15-10-6-4-5-8-11(16-2)7-9(14)13(17-3)12(8)10/h7,10,15H,4-6H2,1-3H3. The molecule has 0 radical (unpaired) electrons. The zero-order chi connectivity index (χ0) is 12.4. The van der Waals surface area contributed by atoms with Gasteiger partial charge in [-0.3, -0.25) is 0 Å². The molecule has 4 heteroatoms. The third kappa shape index (κ3) is 2.16. The summed E-state index contributed by atoms with van der Waals surface area (Å²) in [5.74, 6) is 1.88. The van der Waals surface area contributed by atoms with Gasteiger partial charge in [-0.25, -0.2) is 0 Å². The van der Waals surface area contributed by atoms with Gasteiger partial charge < -0.3 is 14.8 Å². The number of halogens is 1. The minimum atomic E-state index is 0.347. The number of methoxy groups -OCH3 is 2. The van der Waals surface area contributed by atoms with E-state index in [1.54, 1.807) is 14.2 Å². The highest BCUT2D eigenvalue weighted by Gasteiger charge is 2.27. The van der Waals surface area contributed by atoms with E-state index in [0.717, 1.165) is 28.8 Å². The first-order valence-electron chi connectivity index (χ1n) is 5.83. The molecule has 1 aromatic carbocycles. The maximum Gasteiger partial charge on any atom is 0.138 e. The van der Waals surface area contributed by atoms with Crippen LogP contribution in [-0.4, -0.2) is 21.3 Å². The predicted octanol–water partition coefficient (Wildman–Crippen LogP) is 3.06. The lowest BCUT2D eigenvalue weighted by Gasteiger charge is -2.29. The highest BCUT2D eigenvalue weighted by atomic mass is 79.9. The summed E-state index contributed by atoms with van der Waals surface area (Å²) in [5, 5.41) is 3.36. The molecule has 0 aromatic heterocycles. The Kier molecular flexibility index (Phi) is 3.94. The van der Waals surface area contributed by atoms with Crippen molar-refractivity contribution in [2.24, 2.45) is 0 Å². The normalized spacial score (nSPS) is 18.7. The fourth-order valence-electron chi connectivity index (χ4n) is 2.60. The van der Waals surface area contributed by atoms with Crippen LogP contribution in [0.15, 0.2) is 10.5 Å². The van der Waals surface area contributed by atoms with E-state index in [9.17, 15) is 0 Å². The fraction of sp³-hybridized carbons (Fsp3) is 0.538. The van der Waals surface area contributed by atoms with Crippen LogP contribution in [0.1, 0.15) is 30.0 Å². The molecule has 0 aliphatic heterocycles. The first-order chi connectivity index (χ1) is 8.22. The molecule has 0 heterocycles. The number of benzene rings is 1. The summed E-state index contributed by atoms with van der Waals surface area (Å²) in [5.41, 5.74) is 2.52. The van der Waals surface area contributed by atoms with E-state index < -0.39 is 0 Å². The molecule has 0 fully saturated rings. The average molecular weight is 300 g/mol. The highest BCUT2D eigenvalue weighted by molar-refractivity contribution is 9.10. The molecule has 1 aliphatic carbocycles. The van der Waals surface area contributed by atoms with E-state index in [4.69, 9.17) is 9.47 Å². The van der Waals surface area contributed by atoms with Gasteiger partial charge in [0.1, 0.15) is 11.5 Å². The van der Waals surface area contributed by atoms with Crippen molar-refractivity contribution in [1.82, 2.24) is 5.32 Å². The molecule has 17 heavy (non-hydrogen) atoms. The molecule has 0 bridgehead atoms. The van der Waals surface area contributed by atoms with Crippen LogP contribution >= 0.6 is 15.9 Å². The van der Waals surface area contributed by atoms with Crippen LogP contribution in [0, 0.1) is 0 Å². The summed E-state index contributed by atoms with van der Waals surface area (Å²) in [6.07, 6.45) is 3.37. The Labute approximate surface area is 111 Å². The molecule has 1 aliphatic rings. The van der Waals surface area contributed by atoms with Gasteiger partial charge >= 0.3 is 0 Å². The van der Waals surface area contributed by atoms with E-state index in [1.165, 1.54) is 17.5 Å². The molecule has 0 spiro atoms. The topological polar surface area (TPSA) is 30.5 Å². The Morgan fingerprint density at radius 1 is 1.35 bits per heavy atom.